The molecule has 0 amide bonds. The summed E-state index contributed by atoms with van der Waals surface area (Å²) in [4.78, 5) is 6.03. The summed E-state index contributed by atoms with van der Waals surface area (Å²) in [6.45, 7) is 6.55. The van der Waals surface area contributed by atoms with Crippen LogP contribution in [0.15, 0.2) is 93.7 Å². The molecule has 28 heavy (non-hydrogen) atoms. The molecule has 0 spiro atoms. The Balaban J connectivity index is 1.80. The Morgan fingerprint density at radius 1 is 0.893 bits per heavy atom. The van der Waals surface area contributed by atoms with Crippen LogP contribution in [-0.2, 0) is 5.41 Å². The van der Waals surface area contributed by atoms with Crippen LogP contribution in [0.25, 0.3) is 0 Å². The van der Waals surface area contributed by atoms with Crippen LogP contribution in [0.5, 0.6) is 0 Å². The molecule has 4 rings (SSSR count). The molecule has 0 saturated carbocycles. The molecule has 3 aromatic carbocycles. The van der Waals surface area contributed by atoms with Gasteiger partial charge >= 0.3 is 0 Å². The van der Waals surface area contributed by atoms with E-state index in [1.165, 1.54) is 34.4 Å². The van der Waals surface area contributed by atoms with Crippen molar-refractivity contribution in [2.24, 2.45) is 4.99 Å². The predicted octanol–water partition coefficient (Wildman–Crippen LogP) is 7.22. The van der Waals surface area contributed by atoms with Crippen LogP contribution in [0, 0.1) is 12.7 Å². The third-order valence-corrected chi connectivity index (χ3v) is 6.08. The number of allylic oxidation sites excluding steroid dienone is 1. The van der Waals surface area contributed by atoms with Gasteiger partial charge < -0.3 is 0 Å². The number of halogens is 1. The summed E-state index contributed by atoms with van der Waals surface area (Å²) in [5.41, 5.74) is 6.69. The van der Waals surface area contributed by atoms with E-state index < -0.39 is 0 Å². The van der Waals surface area contributed by atoms with E-state index in [1.807, 2.05) is 12.1 Å². The van der Waals surface area contributed by atoms with Gasteiger partial charge in [0.05, 0.1) is 11.4 Å². The molecule has 0 bridgehead atoms. The SMILES string of the molecule is Cc1ccc(N=C2C(=CSc3ccc(F)cc3)C(C)(C)c3ccccc32)cc1. The molecule has 0 aromatic heterocycles. The Morgan fingerprint density at radius 3 is 2.29 bits per heavy atom. The molecule has 0 saturated heterocycles. The zero-order valence-electron chi connectivity index (χ0n) is 16.2. The van der Waals surface area contributed by atoms with Crippen LogP contribution < -0.4 is 0 Å². The van der Waals surface area contributed by atoms with Crippen molar-refractivity contribution >= 4 is 23.2 Å². The van der Waals surface area contributed by atoms with Crippen molar-refractivity contribution in [1.82, 2.24) is 0 Å². The first kappa shape index (κ1) is 18.7. The lowest BCUT2D eigenvalue weighted by Crippen LogP contribution is -2.17. The van der Waals surface area contributed by atoms with Gasteiger partial charge in [-0.2, -0.15) is 0 Å². The minimum atomic E-state index is -0.216. The van der Waals surface area contributed by atoms with Crippen LogP contribution in [0.2, 0.25) is 0 Å². The first-order valence-electron chi connectivity index (χ1n) is 9.33. The van der Waals surface area contributed by atoms with E-state index in [2.05, 4.69) is 74.7 Å². The van der Waals surface area contributed by atoms with E-state index in [0.717, 1.165) is 16.3 Å². The average Bonchev–Trinajstić information content (AvgIpc) is 2.90. The van der Waals surface area contributed by atoms with Gasteiger partial charge in [0.15, 0.2) is 0 Å². The number of thioether (sulfide) groups is 1. The fraction of sp³-hybridized carbons (Fsp3) is 0.160. The van der Waals surface area contributed by atoms with Crippen molar-refractivity contribution in [1.29, 1.82) is 0 Å². The van der Waals surface area contributed by atoms with Gasteiger partial charge in [-0.15, -0.1) is 0 Å². The monoisotopic (exact) mass is 387 g/mol. The second-order valence-corrected chi connectivity index (χ2v) is 8.51. The minimum Gasteiger partial charge on any atom is -0.248 e. The topological polar surface area (TPSA) is 12.4 Å². The molecule has 3 aromatic rings. The van der Waals surface area contributed by atoms with E-state index in [4.69, 9.17) is 4.99 Å². The second kappa shape index (κ2) is 7.40. The van der Waals surface area contributed by atoms with Gasteiger partial charge in [-0.25, -0.2) is 9.38 Å². The van der Waals surface area contributed by atoms with Gasteiger partial charge in [0.1, 0.15) is 5.82 Å². The summed E-state index contributed by atoms with van der Waals surface area (Å²) in [5, 5.41) is 2.17. The maximum absolute atomic E-state index is 13.2. The molecule has 3 heteroatoms. The third-order valence-electron chi connectivity index (χ3n) is 5.19. The van der Waals surface area contributed by atoms with Crippen molar-refractivity contribution in [2.45, 2.75) is 31.1 Å². The van der Waals surface area contributed by atoms with Crippen molar-refractivity contribution < 1.29 is 4.39 Å². The molecule has 0 aliphatic heterocycles. The summed E-state index contributed by atoms with van der Waals surface area (Å²) in [6.07, 6.45) is 0. The number of fused-ring (bicyclic) bond motifs is 1. The van der Waals surface area contributed by atoms with E-state index in [1.54, 1.807) is 11.8 Å². The van der Waals surface area contributed by atoms with Crippen molar-refractivity contribution in [3.05, 3.63) is 106 Å². The Bertz CT molecular complexity index is 1060. The smallest absolute Gasteiger partial charge is 0.123 e. The fourth-order valence-electron chi connectivity index (χ4n) is 3.53. The molecular formula is C25H22FNS. The Labute approximate surface area is 170 Å². The molecule has 0 fully saturated rings. The van der Waals surface area contributed by atoms with E-state index >= 15 is 0 Å². The Hall–Kier alpha value is -2.65. The first-order chi connectivity index (χ1) is 13.4. The van der Waals surface area contributed by atoms with E-state index in [0.29, 0.717) is 0 Å². The van der Waals surface area contributed by atoms with Crippen molar-refractivity contribution in [3.63, 3.8) is 0 Å². The third kappa shape index (κ3) is 3.55. The number of aryl methyl sites for hydroxylation is 1. The second-order valence-electron chi connectivity index (χ2n) is 7.57. The number of hydrogen-bond acceptors (Lipinski definition) is 2. The summed E-state index contributed by atoms with van der Waals surface area (Å²) in [7, 11) is 0. The van der Waals surface area contributed by atoms with Crippen LogP contribution in [0.4, 0.5) is 10.1 Å². The lowest BCUT2D eigenvalue weighted by Gasteiger charge is -2.21. The van der Waals surface area contributed by atoms with E-state index in [-0.39, 0.29) is 11.2 Å². The molecule has 1 nitrogen and oxygen atoms in total. The average molecular weight is 388 g/mol. The highest BCUT2D eigenvalue weighted by atomic mass is 32.2. The molecule has 0 N–H and O–H groups in total. The van der Waals surface area contributed by atoms with Crippen LogP contribution in [-0.4, -0.2) is 5.71 Å². The molecule has 140 valence electrons. The largest absolute Gasteiger partial charge is 0.248 e. The Morgan fingerprint density at radius 2 is 1.57 bits per heavy atom. The number of hydrogen-bond donors (Lipinski definition) is 0. The summed E-state index contributed by atoms with van der Waals surface area (Å²) < 4.78 is 13.2. The van der Waals surface area contributed by atoms with Gasteiger partial charge in [-0.1, -0.05) is 67.6 Å². The maximum atomic E-state index is 13.2. The van der Waals surface area contributed by atoms with Gasteiger partial charge in [0.2, 0.25) is 0 Å². The number of benzene rings is 3. The summed E-state index contributed by atoms with van der Waals surface area (Å²) in [6, 6.07) is 23.4. The molecule has 0 unspecified atom stereocenters. The normalized spacial score (nSPS) is 17.9. The number of nitrogens with zero attached hydrogens (tertiary/aromatic N) is 1. The molecule has 1 aliphatic carbocycles. The molecule has 0 radical (unpaired) electrons. The lowest BCUT2D eigenvalue weighted by atomic mass is 9.83. The maximum Gasteiger partial charge on any atom is 0.123 e. The van der Waals surface area contributed by atoms with Crippen molar-refractivity contribution in [3.8, 4) is 0 Å². The highest BCUT2D eigenvalue weighted by Crippen LogP contribution is 2.45. The summed E-state index contributed by atoms with van der Waals surface area (Å²) in [5.74, 6) is -0.216. The fourth-order valence-corrected chi connectivity index (χ4v) is 4.49. The van der Waals surface area contributed by atoms with Crippen LogP contribution >= 0.6 is 11.8 Å². The zero-order chi connectivity index (χ0) is 19.7. The number of rotatable bonds is 3. The molecule has 1 aliphatic rings. The predicted molar refractivity (Wildman–Crippen MR) is 117 cm³/mol. The minimum absolute atomic E-state index is 0.146. The van der Waals surface area contributed by atoms with Crippen LogP contribution in [0.1, 0.15) is 30.5 Å². The first-order valence-corrected chi connectivity index (χ1v) is 10.2. The van der Waals surface area contributed by atoms with E-state index in [9.17, 15) is 4.39 Å². The standard InChI is InChI=1S/C25H22FNS/c1-17-8-12-19(13-9-17)27-24-21-6-4-5-7-22(21)25(2,3)23(24)16-28-20-14-10-18(26)11-15-20/h4-16H,1-3H3. The molecular weight excluding hydrogens is 365 g/mol. The zero-order valence-corrected chi connectivity index (χ0v) is 17.1. The number of aliphatic imine (C=N–C) groups is 1. The van der Waals surface area contributed by atoms with Crippen molar-refractivity contribution in [2.75, 3.05) is 0 Å². The van der Waals surface area contributed by atoms with Gasteiger partial charge in [-0.3, -0.25) is 0 Å². The van der Waals surface area contributed by atoms with Crippen LogP contribution in [0.3, 0.4) is 0 Å². The van der Waals surface area contributed by atoms with Gasteiger partial charge in [0.25, 0.3) is 0 Å². The molecule has 0 atom stereocenters. The van der Waals surface area contributed by atoms with Gasteiger partial charge in [0, 0.05) is 15.9 Å². The lowest BCUT2D eigenvalue weighted by molar-refractivity contribution is 0.626. The van der Waals surface area contributed by atoms with Gasteiger partial charge in [-0.05, 0) is 59.9 Å². The highest BCUT2D eigenvalue weighted by Gasteiger charge is 2.39. The quantitative estimate of drug-likeness (QED) is 0.432. The Kier molecular flexibility index (Phi) is 4.94. The highest BCUT2D eigenvalue weighted by molar-refractivity contribution is 8.02. The molecule has 0 heterocycles. The summed E-state index contributed by atoms with van der Waals surface area (Å²) >= 11 is 1.61.